The van der Waals surface area contributed by atoms with Crippen molar-refractivity contribution in [1.29, 1.82) is 0 Å². The molecule has 0 spiro atoms. The maximum Gasteiger partial charge on any atom is 0.314 e. The van der Waals surface area contributed by atoms with Gasteiger partial charge < -0.3 is 4.74 Å². The maximum absolute atomic E-state index is 9.96. The smallest absolute Gasteiger partial charge is 0.314 e. The maximum atomic E-state index is 9.96. The topological polar surface area (TPSA) is 26.3 Å². The second-order valence-corrected chi connectivity index (χ2v) is 1.07. The summed E-state index contributed by atoms with van der Waals surface area (Å²) < 4.78 is 4.33. The van der Waals surface area contributed by atoms with Crippen LogP contribution in [0.2, 0.25) is 0 Å². The Morgan fingerprint density at radius 3 is 2.57 bits per heavy atom. The van der Waals surface area contributed by atoms with E-state index in [0.717, 1.165) is 0 Å². The molecular formula is C4H5ClO2. The fourth-order valence-corrected chi connectivity index (χ4v) is 0.316. The molecule has 0 aromatic carbocycles. The summed E-state index contributed by atoms with van der Waals surface area (Å²) in [5, 5.41) is 0. The fourth-order valence-electron chi connectivity index (χ4n) is 0.316. The Hall–Kier alpha value is -0.500. The standard InChI is InChI=1S/C4H4O2.ClH/c5-4-2-1-3-6-4;/h1,3H,2H2;1H. The summed E-state index contributed by atoms with van der Waals surface area (Å²) in [6.07, 6.45) is 3.53. The van der Waals surface area contributed by atoms with E-state index in [1.165, 1.54) is 6.26 Å². The summed E-state index contributed by atoms with van der Waals surface area (Å²) in [6.45, 7) is 0. The van der Waals surface area contributed by atoms with Crippen molar-refractivity contribution >= 4 is 18.4 Å². The van der Waals surface area contributed by atoms with Gasteiger partial charge in [-0.25, -0.2) is 0 Å². The van der Waals surface area contributed by atoms with Gasteiger partial charge in [0.2, 0.25) is 0 Å². The predicted molar refractivity (Wildman–Crippen MR) is 27.1 cm³/mol. The second-order valence-electron chi connectivity index (χ2n) is 1.07. The minimum absolute atomic E-state index is 0. The van der Waals surface area contributed by atoms with Gasteiger partial charge in [-0.15, -0.1) is 12.4 Å². The molecule has 0 bridgehead atoms. The number of carbonyl (C=O) groups is 1. The summed E-state index contributed by atoms with van der Waals surface area (Å²) in [6, 6.07) is 0. The molecule has 0 atom stereocenters. The van der Waals surface area contributed by atoms with Gasteiger partial charge in [-0.05, 0) is 6.08 Å². The highest BCUT2D eigenvalue weighted by Crippen LogP contribution is 1.96. The molecule has 0 unspecified atom stereocenters. The lowest BCUT2D eigenvalue weighted by atomic mass is 10.5. The van der Waals surface area contributed by atoms with Gasteiger partial charge in [-0.1, -0.05) is 0 Å². The van der Waals surface area contributed by atoms with Crippen LogP contribution in [-0.4, -0.2) is 5.97 Å². The normalized spacial score (nSPS) is 15.7. The van der Waals surface area contributed by atoms with Crippen molar-refractivity contribution in [2.75, 3.05) is 0 Å². The van der Waals surface area contributed by atoms with Crippen molar-refractivity contribution in [3.8, 4) is 0 Å². The van der Waals surface area contributed by atoms with E-state index < -0.39 is 0 Å². The molecule has 7 heavy (non-hydrogen) atoms. The summed E-state index contributed by atoms with van der Waals surface area (Å²) in [5.74, 6) is -0.157. The monoisotopic (exact) mass is 120 g/mol. The number of rotatable bonds is 0. The Morgan fingerprint density at radius 2 is 2.43 bits per heavy atom. The average Bonchev–Trinajstić information content (AvgIpc) is 1.86. The van der Waals surface area contributed by atoms with Crippen molar-refractivity contribution in [3.05, 3.63) is 12.3 Å². The van der Waals surface area contributed by atoms with Crippen LogP contribution >= 0.6 is 12.4 Å². The zero-order valence-electron chi connectivity index (χ0n) is 3.59. The first kappa shape index (κ1) is 6.50. The van der Waals surface area contributed by atoms with E-state index in [1.54, 1.807) is 6.08 Å². The SMILES string of the molecule is Cl.O=C1CC=CO1. The van der Waals surface area contributed by atoms with Crippen LogP contribution < -0.4 is 0 Å². The molecule has 3 heteroatoms. The molecule has 0 radical (unpaired) electrons. The molecule has 1 aliphatic rings. The highest BCUT2D eigenvalue weighted by Gasteiger charge is 2.00. The molecule has 0 saturated heterocycles. The highest BCUT2D eigenvalue weighted by atomic mass is 35.5. The van der Waals surface area contributed by atoms with Crippen LogP contribution in [0, 0.1) is 0 Å². The van der Waals surface area contributed by atoms with Crippen LogP contribution in [0.4, 0.5) is 0 Å². The Balaban J connectivity index is 0.000000360. The van der Waals surface area contributed by atoms with E-state index in [0.29, 0.717) is 6.42 Å². The number of hydrogen-bond acceptors (Lipinski definition) is 2. The van der Waals surface area contributed by atoms with Crippen molar-refractivity contribution in [2.45, 2.75) is 6.42 Å². The zero-order valence-corrected chi connectivity index (χ0v) is 4.40. The largest absolute Gasteiger partial charge is 0.435 e. The van der Waals surface area contributed by atoms with Crippen LogP contribution in [-0.2, 0) is 9.53 Å². The number of esters is 1. The van der Waals surface area contributed by atoms with E-state index in [1.807, 2.05) is 0 Å². The minimum Gasteiger partial charge on any atom is -0.435 e. The van der Waals surface area contributed by atoms with Gasteiger partial charge in [-0.3, -0.25) is 4.79 Å². The third-order valence-electron chi connectivity index (χ3n) is 0.580. The molecule has 2 nitrogen and oxygen atoms in total. The molecule has 0 N–H and O–H groups in total. The third kappa shape index (κ3) is 1.59. The van der Waals surface area contributed by atoms with Gasteiger partial charge >= 0.3 is 5.97 Å². The number of hydrogen-bond donors (Lipinski definition) is 0. The van der Waals surface area contributed by atoms with E-state index in [9.17, 15) is 4.79 Å². The quantitative estimate of drug-likeness (QED) is 0.444. The molecule has 0 saturated carbocycles. The Kier molecular flexibility index (Phi) is 2.45. The first-order valence-electron chi connectivity index (χ1n) is 1.74. The van der Waals surface area contributed by atoms with Crippen molar-refractivity contribution in [2.24, 2.45) is 0 Å². The van der Waals surface area contributed by atoms with Crippen LogP contribution in [0.5, 0.6) is 0 Å². The number of cyclic esters (lactones) is 1. The molecular weight excluding hydrogens is 115 g/mol. The Labute approximate surface area is 47.6 Å². The van der Waals surface area contributed by atoms with E-state index in [4.69, 9.17) is 0 Å². The molecule has 0 amide bonds. The average molecular weight is 121 g/mol. The van der Waals surface area contributed by atoms with E-state index >= 15 is 0 Å². The van der Waals surface area contributed by atoms with Crippen LogP contribution in [0.1, 0.15) is 6.42 Å². The lowest BCUT2D eigenvalue weighted by molar-refractivity contribution is -0.135. The molecule has 1 heterocycles. The molecule has 40 valence electrons. The Bertz CT molecular complexity index is 87.9. The van der Waals surface area contributed by atoms with Crippen molar-refractivity contribution in [3.63, 3.8) is 0 Å². The fraction of sp³-hybridized carbons (Fsp3) is 0.250. The minimum atomic E-state index is -0.157. The lowest BCUT2D eigenvalue weighted by Gasteiger charge is -1.78. The molecule has 1 aliphatic heterocycles. The van der Waals surface area contributed by atoms with Gasteiger partial charge in [0, 0.05) is 0 Å². The molecule has 0 fully saturated rings. The third-order valence-corrected chi connectivity index (χ3v) is 0.580. The van der Waals surface area contributed by atoms with Crippen LogP contribution in [0.25, 0.3) is 0 Å². The second kappa shape index (κ2) is 2.64. The lowest BCUT2D eigenvalue weighted by Crippen LogP contribution is -1.87. The van der Waals surface area contributed by atoms with Gasteiger partial charge in [-0.2, -0.15) is 0 Å². The van der Waals surface area contributed by atoms with Crippen LogP contribution in [0.15, 0.2) is 12.3 Å². The van der Waals surface area contributed by atoms with Gasteiger partial charge in [0.1, 0.15) is 0 Å². The zero-order chi connectivity index (χ0) is 4.41. The van der Waals surface area contributed by atoms with Gasteiger partial charge in [0.25, 0.3) is 0 Å². The highest BCUT2D eigenvalue weighted by molar-refractivity contribution is 5.85. The van der Waals surface area contributed by atoms with Gasteiger partial charge in [0.05, 0.1) is 12.7 Å². The summed E-state index contributed by atoms with van der Waals surface area (Å²) in [4.78, 5) is 9.96. The van der Waals surface area contributed by atoms with E-state index in [2.05, 4.69) is 4.74 Å². The first-order valence-corrected chi connectivity index (χ1v) is 1.74. The van der Waals surface area contributed by atoms with E-state index in [-0.39, 0.29) is 18.4 Å². The molecule has 0 aromatic rings. The number of carbonyl (C=O) groups excluding carboxylic acids is 1. The number of ether oxygens (including phenoxy) is 1. The summed E-state index contributed by atoms with van der Waals surface area (Å²) >= 11 is 0. The number of halogens is 1. The summed E-state index contributed by atoms with van der Waals surface area (Å²) in [7, 11) is 0. The molecule has 0 aliphatic carbocycles. The van der Waals surface area contributed by atoms with Gasteiger partial charge in [0.15, 0.2) is 0 Å². The van der Waals surface area contributed by atoms with Crippen molar-refractivity contribution < 1.29 is 9.53 Å². The molecule has 1 rings (SSSR count). The Morgan fingerprint density at radius 1 is 1.71 bits per heavy atom. The molecule has 0 aromatic heterocycles. The summed E-state index contributed by atoms with van der Waals surface area (Å²) in [5.41, 5.74) is 0. The first-order chi connectivity index (χ1) is 2.89. The van der Waals surface area contributed by atoms with Crippen molar-refractivity contribution in [1.82, 2.24) is 0 Å². The predicted octanol–water partition coefficient (Wildman–Crippen LogP) is 0.869. The van der Waals surface area contributed by atoms with Crippen LogP contribution in [0.3, 0.4) is 0 Å².